The van der Waals surface area contributed by atoms with Gasteiger partial charge >= 0.3 is 0 Å². The highest BCUT2D eigenvalue weighted by molar-refractivity contribution is 5.51. The minimum atomic E-state index is 0.583. The summed E-state index contributed by atoms with van der Waals surface area (Å²) in [4.78, 5) is 2.49. The van der Waals surface area contributed by atoms with E-state index in [1.807, 2.05) is 0 Å². The molecule has 0 amide bonds. The van der Waals surface area contributed by atoms with E-state index in [4.69, 9.17) is 0 Å². The number of nitrogens with zero attached hydrogens (tertiary/aromatic N) is 1. The van der Waals surface area contributed by atoms with Crippen LogP contribution in [-0.4, -0.2) is 25.2 Å². The van der Waals surface area contributed by atoms with Crippen LogP contribution in [0.2, 0.25) is 0 Å². The summed E-state index contributed by atoms with van der Waals surface area (Å²) in [5.74, 6) is 0. The Morgan fingerprint density at radius 2 is 2.00 bits per heavy atom. The second kappa shape index (κ2) is 5.09. The molecular formula is C15H24N2. The minimum Gasteiger partial charge on any atom is -0.370 e. The van der Waals surface area contributed by atoms with Gasteiger partial charge in [0.25, 0.3) is 0 Å². The van der Waals surface area contributed by atoms with E-state index in [1.165, 1.54) is 29.8 Å². The van der Waals surface area contributed by atoms with Crippen LogP contribution >= 0.6 is 0 Å². The molecule has 0 bridgehead atoms. The average Bonchev–Trinajstić information content (AvgIpc) is 2.69. The lowest BCUT2D eigenvalue weighted by molar-refractivity contribution is 0.492. The SMILES string of the molecule is Cc1ccc(N2CCC(NC(C)C)C2)cc1C. The highest BCUT2D eigenvalue weighted by Gasteiger charge is 2.22. The Morgan fingerprint density at radius 3 is 2.65 bits per heavy atom. The molecule has 2 nitrogen and oxygen atoms in total. The Kier molecular flexibility index (Phi) is 3.72. The number of hydrogen-bond acceptors (Lipinski definition) is 2. The van der Waals surface area contributed by atoms with Gasteiger partial charge in [0.2, 0.25) is 0 Å². The molecule has 1 aliphatic rings. The van der Waals surface area contributed by atoms with Gasteiger partial charge in [0.1, 0.15) is 0 Å². The number of nitrogens with one attached hydrogen (secondary N) is 1. The second-order valence-corrected chi connectivity index (χ2v) is 5.52. The Morgan fingerprint density at radius 1 is 1.24 bits per heavy atom. The predicted molar refractivity (Wildman–Crippen MR) is 74.8 cm³/mol. The van der Waals surface area contributed by atoms with E-state index in [2.05, 4.69) is 56.1 Å². The number of hydrogen-bond donors (Lipinski definition) is 1. The molecule has 0 saturated carbocycles. The van der Waals surface area contributed by atoms with Crippen molar-refractivity contribution >= 4 is 5.69 Å². The molecule has 1 fully saturated rings. The number of rotatable bonds is 3. The van der Waals surface area contributed by atoms with Gasteiger partial charge in [-0.3, -0.25) is 0 Å². The molecule has 1 saturated heterocycles. The van der Waals surface area contributed by atoms with E-state index < -0.39 is 0 Å². The van der Waals surface area contributed by atoms with Gasteiger partial charge in [-0.2, -0.15) is 0 Å². The van der Waals surface area contributed by atoms with Crippen LogP contribution in [0.25, 0.3) is 0 Å². The average molecular weight is 232 g/mol. The molecule has 0 aromatic heterocycles. The molecule has 17 heavy (non-hydrogen) atoms. The van der Waals surface area contributed by atoms with Gasteiger partial charge in [-0.25, -0.2) is 0 Å². The maximum atomic E-state index is 3.63. The minimum absolute atomic E-state index is 0.583. The Labute approximate surface area is 105 Å². The van der Waals surface area contributed by atoms with Crippen LogP contribution in [-0.2, 0) is 0 Å². The maximum absolute atomic E-state index is 3.63. The largest absolute Gasteiger partial charge is 0.370 e. The smallest absolute Gasteiger partial charge is 0.0369 e. The van der Waals surface area contributed by atoms with E-state index in [9.17, 15) is 0 Å². The first-order valence-electron chi connectivity index (χ1n) is 6.64. The first-order valence-corrected chi connectivity index (χ1v) is 6.64. The Hall–Kier alpha value is -1.02. The lowest BCUT2D eigenvalue weighted by Crippen LogP contribution is -2.37. The van der Waals surface area contributed by atoms with Crippen molar-refractivity contribution in [2.75, 3.05) is 18.0 Å². The molecule has 1 heterocycles. The van der Waals surface area contributed by atoms with Crippen LogP contribution in [0.15, 0.2) is 18.2 Å². The number of benzene rings is 1. The van der Waals surface area contributed by atoms with E-state index >= 15 is 0 Å². The Balaban J connectivity index is 2.02. The molecular weight excluding hydrogens is 208 g/mol. The van der Waals surface area contributed by atoms with Crippen molar-refractivity contribution in [2.45, 2.75) is 46.2 Å². The van der Waals surface area contributed by atoms with Gasteiger partial charge in [0.15, 0.2) is 0 Å². The van der Waals surface area contributed by atoms with Crippen molar-refractivity contribution in [2.24, 2.45) is 0 Å². The van der Waals surface area contributed by atoms with Gasteiger partial charge in [0, 0.05) is 30.9 Å². The monoisotopic (exact) mass is 232 g/mol. The van der Waals surface area contributed by atoms with Crippen LogP contribution in [0, 0.1) is 13.8 Å². The highest BCUT2D eigenvalue weighted by Crippen LogP contribution is 2.23. The van der Waals surface area contributed by atoms with E-state index in [1.54, 1.807) is 0 Å². The lowest BCUT2D eigenvalue weighted by Gasteiger charge is -2.21. The molecule has 1 aliphatic heterocycles. The third kappa shape index (κ3) is 3.01. The molecule has 1 aromatic carbocycles. The number of anilines is 1. The molecule has 2 rings (SSSR count). The van der Waals surface area contributed by atoms with Crippen LogP contribution in [0.1, 0.15) is 31.4 Å². The van der Waals surface area contributed by atoms with Crippen molar-refractivity contribution in [3.05, 3.63) is 29.3 Å². The van der Waals surface area contributed by atoms with Crippen molar-refractivity contribution in [3.8, 4) is 0 Å². The quantitative estimate of drug-likeness (QED) is 0.862. The maximum Gasteiger partial charge on any atom is 0.0369 e. The molecule has 1 aromatic rings. The first-order chi connectivity index (χ1) is 8.06. The molecule has 0 aliphatic carbocycles. The van der Waals surface area contributed by atoms with Crippen molar-refractivity contribution in [1.29, 1.82) is 0 Å². The van der Waals surface area contributed by atoms with Crippen LogP contribution in [0.4, 0.5) is 5.69 Å². The van der Waals surface area contributed by atoms with E-state index in [-0.39, 0.29) is 0 Å². The summed E-state index contributed by atoms with van der Waals surface area (Å²) < 4.78 is 0. The fourth-order valence-electron chi connectivity index (χ4n) is 2.52. The third-order valence-electron chi connectivity index (χ3n) is 3.61. The van der Waals surface area contributed by atoms with Gasteiger partial charge in [-0.1, -0.05) is 19.9 Å². The summed E-state index contributed by atoms with van der Waals surface area (Å²) in [6.07, 6.45) is 1.26. The third-order valence-corrected chi connectivity index (χ3v) is 3.61. The van der Waals surface area contributed by atoms with Crippen LogP contribution in [0.5, 0.6) is 0 Å². The summed E-state index contributed by atoms with van der Waals surface area (Å²) >= 11 is 0. The van der Waals surface area contributed by atoms with Crippen molar-refractivity contribution in [3.63, 3.8) is 0 Å². The van der Waals surface area contributed by atoms with Crippen LogP contribution < -0.4 is 10.2 Å². The summed E-state index contributed by atoms with van der Waals surface area (Å²) in [7, 11) is 0. The molecule has 1 N–H and O–H groups in total. The van der Waals surface area contributed by atoms with Gasteiger partial charge in [-0.15, -0.1) is 0 Å². The van der Waals surface area contributed by atoms with Crippen molar-refractivity contribution < 1.29 is 0 Å². The van der Waals surface area contributed by atoms with Gasteiger partial charge in [0.05, 0.1) is 0 Å². The van der Waals surface area contributed by atoms with Crippen molar-refractivity contribution in [1.82, 2.24) is 5.32 Å². The molecule has 94 valence electrons. The Bertz CT molecular complexity index is 385. The zero-order valence-corrected chi connectivity index (χ0v) is 11.5. The molecule has 1 unspecified atom stereocenters. The summed E-state index contributed by atoms with van der Waals surface area (Å²) in [6, 6.07) is 8.03. The standard InChI is InChI=1S/C15H24N2/c1-11(2)16-14-7-8-17(10-14)15-6-5-12(3)13(4)9-15/h5-6,9,11,14,16H,7-8,10H2,1-4H3. The normalized spacial score (nSPS) is 20.3. The zero-order chi connectivity index (χ0) is 12.4. The van der Waals surface area contributed by atoms with Crippen LogP contribution in [0.3, 0.4) is 0 Å². The summed E-state index contributed by atoms with van der Waals surface area (Å²) in [5.41, 5.74) is 4.15. The fourth-order valence-corrected chi connectivity index (χ4v) is 2.52. The van der Waals surface area contributed by atoms with Gasteiger partial charge in [-0.05, 0) is 43.5 Å². The predicted octanol–water partition coefficient (Wildman–Crippen LogP) is 2.88. The topological polar surface area (TPSA) is 15.3 Å². The number of aryl methyl sites for hydroxylation is 2. The molecule has 0 spiro atoms. The molecule has 2 heteroatoms. The van der Waals surface area contributed by atoms with E-state index in [0.717, 1.165) is 6.54 Å². The summed E-state index contributed by atoms with van der Waals surface area (Å²) in [5, 5.41) is 3.63. The lowest BCUT2D eigenvalue weighted by atomic mass is 10.1. The zero-order valence-electron chi connectivity index (χ0n) is 11.5. The molecule has 1 atom stereocenters. The van der Waals surface area contributed by atoms with Gasteiger partial charge < -0.3 is 10.2 Å². The van der Waals surface area contributed by atoms with E-state index in [0.29, 0.717) is 12.1 Å². The highest BCUT2D eigenvalue weighted by atomic mass is 15.2. The molecule has 0 radical (unpaired) electrons. The second-order valence-electron chi connectivity index (χ2n) is 5.52. The first kappa shape index (κ1) is 12.4. The fraction of sp³-hybridized carbons (Fsp3) is 0.600. The summed E-state index contributed by atoms with van der Waals surface area (Å²) in [6.45, 7) is 11.1.